The second kappa shape index (κ2) is 6.37. The summed E-state index contributed by atoms with van der Waals surface area (Å²) >= 11 is 6.22. The van der Waals surface area contributed by atoms with Crippen molar-refractivity contribution in [2.24, 2.45) is 0 Å². The summed E-state index contributed by atoms with van der Waals surface area (Å²) in [6.07, 6.45) is 1.59. The largest absolute Gasteiger partial charge is 0.506 e. The minimum absolute atomic E-state index is 0.00916. The van der Waals surface area contributed by atoms with Gasteiger partial charge in [-0.2, -0.15) is 5.26 Å². The number of pyridine rings is 1. The number of fused-ring (bicyclic) bond motifs is 3. The number of phenols is 2. The Balaban J connectivity index is 1.98. The highest BCUT2D eigenvalue weighted by atomic mass is 79.9. The van der Waals surface area contributed by atoms with E-state index in [1.807, 2.05) is 24.3 Å². The Kier molecular flexibility index (Phi) is 4.13. The van der Waals surface area contributed by atoms with Gasteiger partial charge < -0.3 is 10.2 Å². The summed E-state index contributed by atoms with van der Waals surface area (Å²) in [7, 11) is 0. The average Bonchev–Trinajstić information content (AvgIpc) is 3.06. The normalized spacial score (nSPS) is 11.0. The van der Waals surface area contributed by atoms with E-state index in [9.17, 15) is 20.3 Å². The van der Waals surface area contributed by atoms with Gasteiger partial charge in [-0.3, -0.25) is 9.20 Å². The number of carbonyl (C=O) groups is 1. The minimum Gasteiger partial charge on any atom is -0.506 e. The molecule has 2 N–H and O–H groups in total. The van der Waals surface area contributed by atoms with Crippen molar-refractivity contribution >= 4 is 54.3 Å². The van der Waals surface area contributed by atoms with Crippen LogP contribution in [-0.4, -0.2) is 25.4 Å². The molecular formula is C19H9Br2N3O3. The highest BCUT2D eigenvalue weighted by molar-refractivity contribution is 9.11. The second-order valence-electron chi connectivity index (χ2n) is 5.79. The van der Waals surface area contributed by atoms with E-state index in [0.29, 0.717) is 11.2 Å². The molecule has 27 heavy (non-hydrogen) atoms. The third kappa shape index (κ3) is 2.67. The standard InChI is InChI=1S/C19H9Br2N3O3/c20-12-6-11(17(26)15(21)18(12)27)16(25)10-5-9(7-22)19-23-13-3-1-2-4-14(13)24(19)8-10/h1-6,8,26-27H. The fourth-order valence-electron chi connectivity index (χ4n) is 2.90. The first-order valence-corrected chi connectivity index (χ1v) is 9.26. The van der Waals surface area contributed by atoms with Crippen molar-refractivity contribution in [3.05, 3.63) is 68.2 Å². The van der Waals surface area contributed by atoms with Crippen LogP contribution in [0.15, 0.2) is 51.5 Å². The molecule has 0 aliphatic rings. The highest BCUT2D eigenvalue weighted by Crippen LogP contribution is 2.42. The van der Waals surface area contributed by atoms with Gasteiger partial charge in [0.05, 0.1) is 26.6 Å². The number of nitriles is 1. The summed E-state index contributed by atoms with van der Waals surface area (Å²) in [5.74, 6) is -1.09. The number of nitrogens with zero attached hydrogens (tertiary/aromatic N) is 3. The lowest BCUT2D eigenvalue weighted by Gasteiger charge is -2.10. The number of hydrogen-bond donors (Lipinski definition) is 2. The Morgan fingerprint density at radius 3 is 2.63 bits per heavy atom. The van der Waals surface area contributed by atoms with E-state index in [1.54, 1.807) is 10.6 Å². The molecule has 0 aliphatic carbocycles. The van der Waals surface area contributed by atoms with E-state index >= 15 is 0 Å². The van der Waals surface area contributed by atoms with Crippen molar-refractivity contribution in [2.75, 3.05) is 0 Å². The van der Waals surface area contributed by atoms with Gasteiger partial charge in [-0.05, 0) is 56.1 Å². The molecule has 132 valence electrons. The Bertz CT molecular complexity index is 1310. The maximum Gasteiger partial charge on any atom is 0.198 e. The molecule has 6 nitrogen and oxygen atoms in total. The van der Waals surface area contributed by atoms with E-state index in [2.05, 4.69) is 42.9 Å². The first-order chi connectivity index (χ1) is 12.9. The van der Waals surface area contributed by atoms with Crippen molar-refractivity contribution in [1.29, 1.82) is 5.26 Å². The van der Waals surface area contributed by atoms with Crippen molar-refractivity contribution in [2.45, 2.75) is 0 Å². The number of aromatic hydroxyl groups is 2. The van der Waals surface area contributed by atoms with Gasteiger partial charge in [0.2, 0.25) is 0 Å². The van der Waals surface area contributed by atoms with Gasteiger partial charge in [-0.25, -0.2) is 4.98 Å². The lowest BCUT2D eigenvalue weighted by molar-refractivity contribution is 0.103. The van der Waals surface area contributed by atoms with E-state index in [0.717, 1.165) is 5.52 Å². The topological polar surface area (TPSA) is 98.6 Å². The average molecular weight is 487 g/mol. The summed E-state index contributed by atoms with van der Waals surface area (Å²) in [5, 5.41) is 29.6. The first-order valence-electron chi connectivity index (χ1n) is 7.68. The number of imidazole rings is 1. The molecule has 0 atom stereocenters. The van der Waals surface area contributed by atoms with Gasteiger partial charge in [0.15, 0.2) is 11.4 Å². The van der Waals surface area contributed by atoms with Crippen LogP contribution in [0.4, 0.5) is 0 Å². The SMILES string of the molecule is N#Cc1cc(C(=O)c2cc(Br)c(O)c(Br)c2O)cn2c1nc1ccccc12. The Labute approximate surface area is 169 Å². The van der Waals surface area contributed by atoms with E-state index in [1.165, 1.54) is 12.1 Å². The van der Waals surface area contributed by atoms with Crippen molar-refractivity contribution < 1.29 is 15.0 Å². The molecule has 2 aromatic heterocycles. The molecule has 0 amide bonds. The van der Waals surface area contributed by atoms with Gasteiger partial charge in [0.25, 0.3) is 0 Å². The molecule has 4 aromatic rings. The summed E-state index contributed by atoms with van der Waals surface area (Å²) in [4.78, 5) is 17.5. The van der Waals surface area contributed by atoms with E-state index < -0.39 is 5.78 Å². The number of para-hydroxylation sites is 2. The van der Waals surface area contributed by atoms with Crippen LogP contribution >= 0.6 is 31.9 Å². The maximum atomic E-state index is 13.0. The first kappa shape index (κ1) is 17.5. The molecule has 4 rings (SSSR count). The van der Waals surface area contributed by atoms with Gasteiger partial charge >= 0.3 is 0 Å². The predicted molar refractivity (Wildman–Crippen MR) is 106 cm³/mol. The molecule has 8 heteroatoms. The number of hydrogen-bond acceptors (Lipinski definition) is 5. The van der Waals surface area contributed by atoms with Crippen LogP contribution in [-0.2, 0) is 0 Å². The summed E-state index contributed by atoms with van der Waals surface area (Å²) in [6.45, 7) is 0. The summed E-state index contributed by atoms with van der Waals surface area (Å²) < 4.78 is 1.95. The highest BCUT2D eigenvalue weighted by Gasteiger charge is 2.22. The molecule has 0 aliphatic heterocycles. The fraction of sp³-hybridized carbons (Fsp3) is 0. The molecule has 0 fully saturated rings. The lowest BCUT2D eigenvalue weighted by atomic mass is 10.0. The lowest BCUT2D eigenvalue weighted by Crippen LogP contribution is -2.05. The minimum atomic E-state index is -0.495. The molecule has 0 bridgehead atoms. The maximum absolute atomic E-state index is 13.0. The van der Waals surface area contributed by atoms with Crippen LogP contribution in [0.25, 0.3) is 16.7 Å². The second-order valence-corrected chi connectivity index (χ2v) is 7.44. The van der Waals surface area contributed by atoms with Crippen molar-refractivity contribution in [1.82, 2.24) is 9.38 Å². The predicted octanol–water partition coefficient (Wildman–Crippen LogP) is 4.53. The molecule has 0 spiro atoms. The molecule has 0 saturated carbocycles. The number of benzene rings is 2. The zero-order chi connectivity index (χ0) is 19.3. The molecule has 2 aromatic carbocycles. The number of rotatable bonds is 2. The van der Waals surface area contributed by atoms with Crippen LogP contribution in [0, 0.1) is 11.3 Å². The van der Waals surface area contributed by atoms with E-state index in [-0.39, 0.29) is 37.1 Å². The number of halogens is 2. The third-order valence-electron chi connectivity index (χ3n) is 4.20. The number of carbonyl (C=O) groups excluding carboxylic acids is 1. The van der Waals surface area contributed by atoms with Crippen LogP contribution in [0.2, 0.25) is 0 Å². The van der Waals surface area contributed by atoms with E-state index in [4.69, 9.17) is 0 Å². The number of ketones is 1. The Morgan fingerprint density at radius 1 is 1.15 bits per heavy atom. The van der Waals surface area contributed by atoms with Gasteiger partial charge in [-0.15, -0.1) is 0 Å². The third-order valence-corrected chi connectivity index (χ3v) is 5.56. The van der Waals surface area contributed by atoms with Crippen LogP contribution in [0.1, 0.15) is 21.5 Å². The summed E-state index contributed by atoms with van der Waals surface area (Å²) in [6, 6.07) is 12.2. The Morgan fingerprint density at radius 2 is 1.89 bits per heavy atom. The Hall–Kier alpha value is -2.89. The fourth-order valence-corrected chi connectivity index (χ4v) is 4.02. The smallest absolute Gasteiger partial charge is 0.198 e. The van der Waals surface area contributed by atoms with Crippen LogP contribution in [0.5, 0.6) is 11.5 Å². The molecule has 0 unspecified atom stereocenters. The van der Waals surface area contributed by atoms with Gasteiger partial charge in [-0.1, -0.05) is 12.1 Å². The molecule has 0 saturated heterocycles. The van der Waals surface area contributed by atoms with Gasteiger partial charge in [0, 0.05) is 11.8 Å². The van der Waals surface area contributed by atoms with Crippen molar-refractivity contribution in [3.63, 3.8) is 0 Å². The zero-order valence-electron chi connectivity index (χ0n) is 13.4. The molecule has 2 heterocycles. The summed E-state index contributed by atoms with van der Waals surface area (Å²) in [5.41, 5.74) is 2.36. The van der Waals surface area contributed by atoms with Gasteiger partial charge in [0.1, 0.15) is 22.0 Å². The zero-order valence-corrected chi connectivity index (χ0v) is 16.6. The quantitative estimate of drug-likeness (QED) is 0.405. The van der Waals surface area contributed by atoms with Crippen molar-refractivity contribution in [3.8, 4) is 17.6 Å². The number of aromatic nitrogens is 2. The monoisotopic (exact) mass is 485 g/mol. The van der Waals surface area contributed by atoms with Crippen LogP contribution < -0.4 is 0 Å². The molecule has 0 radical (unpaired) electrons. The number of phenolic OH excluding ortho intramolecular Hbond substituents is 2. The van der Waals surface area contributed by atoms with Crippen LogP contribution in [0.3, 0.4) is 0 Å². The molecular weight excluding hydrogens is 478 g/mol.